The largest absolute Gasteiger partial charge is 0.457 e. The lowest BCUT2D eigenvalue weighted by Gasteiger charge is -2.15. The molecule has 0 aliphatic rings. The second kappa shape index (κ2) is 6.70. The number of carbonyl (C=O) groups excluding carboxylic acids is 1. The summed E-state index contributed by atoms with van der Waals surface area (Å²) in [5.41, 5.74) is 6.11. The Morgan fingerprint density at radius 2 is 2.44 bits per heavy atom. The Morgan fingerprint density at radius 3 is 2.94 bits per heavy atom. The van der Waals surface area contributed by atoms with Crippen LogP contribution in [-0.2, 0) is 0 Å². The van der Waals surface area contributed by atoms with Gasteiger partial charge in [0.1, 0.15) is 6.26 Å². The molecule has 5 heteroatoms. The summed E-state index contributed by atoms with van der Waals surface area (Å²) in [6.07, 6.45) is 4.51. The fourth-order valence-electron chi connectivity index (χ4n) is 1.40. The van der Waals surface area contributed by atoms with Crippen LogP contribution in [0.1, 0.15) is 36.5 Å². The van der Waals surface area contributed by atoms with E-state index in [0.717, 1.165) is 19.3 Å². The molecule has 0 saturated heterocycles. The summed E-state index contributed by atoms with van der Waals surface area (Å²) in [4.78, 5) is 11.7. The van der Waals surface area contributed by atoms with Crippen molar-refractivity contribution in [3.63, 3.8) is 0 Å². The van der Waals surface area contributed by atoms with E-state index in [2.05, 4.69) is 28.2 Å². The molecular formula is C11H17BrN2O2. The molecule has 90 valence electrons. The predicted octanol–water partition coefficient (Wildman–Crippen LogP) is 2.29. The standard InChI is InChI=1S/C11H17BrN2O2/c1-2-3-4-9(6-13)14-11(15)8-5-10(12)16-7-8/h5,7,9H,2-4,6,13H2,1H3,(H,14,15). The van der Waals surface area contributed by atoms with Gasteiger partial charge in [0.25, 0.3) is 5.91 Å². The van der Waals surface area contributed by atoms with E-state index in [-0.39, 0.29) is 11.9 Å². The maximum absolute atomic E-state index is 11.7. The molecule has 16 heavy (non-hydrogen) atoms. The first kappa shape index (κ1) is 13.3. The van der Waals surface area contributed by atoms with Crippen molar-refractivity contribution >= 4 is 21.8 Å². The van der Waals surface area contributed by atoms with Crippen LogP contribution >= 0.6 is 15.9 Å². The molecule has 1 amide bonds. The van der Waals surface area contributed by atoms with Crippen LogP contribution in [0.25, 0.3) is 0 Å². The molecule has 0 fully saturated rings. The molecule has 1 atom stereocenters. The van der Waals surface area contributed by atoms with Crippen LogP contribution in [0.4, 0.5) is 0 Å². The average Bonchev–Trinajstić information content (AvgIpc) is 2.70. The molecule has 0 spiro atoms. The van der Waals surface area contributed by atoms with E-state index < -0.39 is 0 Å². The summed E-state index contributed by atoms with van der Waals surface area (Å²) < 4.78 is 5.56. The Kier molecular flexibility index (Phi) is 5.55. The molecule has 0 bridgehead atoms. The van der Waals surface area contributed by atoms with Gasteiger partial charge < -0.3 is 15.5 Å². The smallest absolute Gasteiger partial charge is 0.254 e. The number of carbonyl (C=O) groups is 1. The van der Waals surface area contributed by atoms with Gasteiger partial charge in [-0.2, -0.15) is 0 Å². The second-order valence-corrected chi connectivity index (χ2v) is 4.47. The minimum atomic E-state index is -0.138. The highest BCUT2D eigenvalue weighted by atomic mass is 79.9. The summed E-state index contributed by atoms with van der Waals surface area (Å²) in [6, 6.07) is 1.68. The van der Waals surface area contributed by atoms with Gasteiger partial charge in [-0.15, -0.1) is 0 Å². The van der Waals surface area contributed by atoms with Crippen LogP contribution in [0, 0.1) is 0 Å². The molecule has 0 saturated carbocycles. The third kappa shape index (κ3) is 3.98. The van der Waals surface area contributed by atoms with E-state index in [1.807, 2.05) is 0 Å². The minimum Gasteiger partial charge on any atom is -0.457 e. The Balaban J connectivity index is 2.48. The van der Waals surface area contributed by atoms with Gasteiger partial charge in [0.05, 0.1) is 5.56 Å². The number of nitrogens with one attached hydrogen (secondary N) is 1. The van der Waals surface area contributed by atoms with E-state index in [1.165, 1.54) is 6.26 Å². The molecule has 0 aliphatic carbocycles. The number of unbranched alkanes of at least 4 members (excludes halogenated alkanes) is 1. The van der Waals surface area contributed by atoms with Crippen molar-refractivity contribution < 1.29 is 9.21 Å². The van der Waals surface area contributed by atoms with Crippen molar-refractivity contribution in [3.05, 3.63) is 22.6 Å². The predicted molar refractivity (Wildman–Crippen MR) is 66.2 cm³/mol. The quantitative estimate of drug-likeness (QED) is 0.844. The number of hydrogen-bond donors (Lipinski definition) is 2. The Hall–Kier alpha value is -0.810. The van der Waals surface area contributed by atoms with E-state index in [4.69, 9.17) is 10.2 Å². The van der Waals surface area contributed by atoms with E-state index in [1.54, 1.807) is 6.07 Å². The average molecular weight is 289 g/mol. The summed E-state index contributed by atoms with van der Waals surface area (Å²) in [5.74, 6) is -0.138. The summed E-state index contributed by atoms with van der Waals surface area (Å²) in [6.45, 7) is 2.58. The summed E-state index contributed by atoms with van der Waals surface area (Å²) in [5, 5.41) is 2.89. The molecule has 1 rings (SSSR count). The molecule has 3 N–H and O–H groups in total. The van der Waals surface area contributed by atoms with Crippen LogP contribution in [0.3, 0.4) is 0 Å². The van der Waals surface area contributed by atoms with Crippen LogP contribution in [0.5, 0.6) is 0 Å². The molecule has 1 unspecified atom stereocenters. The molecule has 1 heterocycles. The van der Waals surface area contributed by atoms with Gasteiger partial charge in [0.15, 0.2) is 4.67 Å². The number of furan rings is 1. The lowest BCUT2D eigenvalue weighted by Crippen LogP contribution is -2.40. The van der Waals surface area contributed by atoms with E-state index in [0.29, 0.717) is 16.8 Å². The molecular weight excluding hydrogens is 272 g/mol. The summed E-state index contributed by atoms with van der Waals surface area (Å²) >= 11 is 3.15. The van der Waals surface area contributed by atoms with Crippen molar-refractivity contribution in [2.24, 2.45) is 5.73 Å². The number of amides is 1. The third-order valence-corrected chi connectivity index (χ3v) is 2.77. The number of rotatable bonds is 6. The fourth-order valence-corrected chi connectivity index (χ4v) is 1.74. The lowest BCUT2D eigenvalue weighted by atomic mass is 10.1. The first-order chi connectivity index (χ1) is 7.67. The topological polar surface area (TPSA) is 68.3 Å². The number of halogens is 1. The number of nitrogens with two attached hydrogens (primary N) is 1. The van der Waals surface area contributed by atoms with Crippen LogP contribution in [0.2, 0.25) is 0 Å². The van der Waals surface area contributed by atoms with E-state index in [9.17, 15) is 4.79 Å². The maximum Gasteiger partial charge on any atom is 0.254 e. The van der Waals surface area contributed by atoms with Crippen molar-refractivity contribution in [2.75, 3.05) is 6.54 Å². The molecule has 0 radical (unpaired) electrons. The molecule has 0 aliphatic heterocycles. The van der Waals surface area contributed by atoms with Crippen molar-refractivity contribution in [2.45, 2.75) is 32.2 Å². The lowest BCUT2D eigenvalue weighted by molar-refractivity contribution is 0.0935. The molecule has 0 aromatic carbocycles. The monoisotopic (exact) mass is 288 g/mol. The first-order valence-corrected chi connectivity index (χ1v) is 6.21. The van der Waals surface area contributed by atoms with Crippen LogP contribution < -0.4 is 11.1 Å². The van der Waals surface area contributed by atoms with Gasteiger partial charge in [-0.3, -0.25) is 4.79 Å². The Labute approximate surface area is 104 Å². The van der Waals surface area contributed by atoms with E-state index >= 15 is 0 Å². The second-order valence-electron chi connectivity index (χ2n) is 3.69. The first-order valence-electron chi connectivity index (χ1n) is 5.42. The molecule has 1 aromatic heterocycles. The summed E-state index contributed by atoms with van der Waals surface area (Å²) in [7, 11) is 0. The van der Waals surface area contributed by atoms with Crippen LogP contribution in [0.15, 0.2) is 21.4 Å². The SMILES string of the molecule is CCCCC(CN)NC(=O)c1coc(Br)c1. The van der Waals surface area contributed by atoms with Crippen molar-refractivity contribution in [1.29, 1.82) is 0 Å². The third-order valence-electron chi connectivity index (χ3n) is 2.36. The highest BCUT2D eigenvalue weighted by Crippen LogP contribution is 2.14. The van der Waals surface area contributed by atoms with Gasteiger partial charge in [0.2, 0.25) is 0 Å². The van der Waals surface area contributed by atoms with Gasteiger partial charge in [0, 0.05) is 18.7 Å². The Morgan fingerprint density at radius 1 is 1.69 bits per heavy atom. The van der Waals surface area contributed by atoms with Crippen molar-refractivity contribution in [3.8, 4) is 0 Å². The maximum atomic E-state index is 11.7. The van der Waals surface area contributed by atoms with Crippen LogP contribution in [-0.4, -0.2) is 18.5 Å². The van der Waals surface area contributed by atoms with Crippen molar-refractivity contribution in [1.82, 2.24) is 5.32 Å². The normalized spacial score (nSPS) is 12.4. The van der Waals surface area contributed by atoms with Gasteiger partial charge in [-0.05, 0) is 22.4 Å². The zero-order chi connectivity index (χ0) is 12.0. The number of hydrogen-bond acceptors (Lipinski definition) is 3. The van der Waals surface area contributed by atoms with Gasteiger partial charge in [-0.25, -0.2) is 0 Å². The highest BCUT2D eigenvalue weighted by Gasteiger charge is 2.13. The van der Waals surface area contributed by atoms with Gasteiger partial charge >= 0.3 is 0 Å². The Bertz CT molecular complexity index is 338. The molecule has 1 aromatic rings. The zero-order valence-electron chi connectivity index (χ0n) is 9.33. The zero-order valence-corrected chi connectivity index (χ0v) is 10.9. The van der Waals surface area contributed by atoms with Gasteiger partial charge in [-0.1, -0.05) is 19.8 Å². The minimum absolute atomic E-state index is 0.0427. The molecule has 4 nitrogen and oxygen atoms in total. The highest BCUT2D eigenvalue weighted by molar-refractivity contribution is 9.10. The fraction of sp³-hybridized carbons (Fsp3) is 0.545.